The number of carbonyl (C=O) groups is 1. The zero-order chi connectivity index (χ0) is 22.5. The Morgan fingerprint density at radius 2 is 1.69 bits per heavy atom. The van der Waals surface area contributed by atoms with Crippen molar-refractivity contribution in [3.8, 4) is 0 Å². The van der Waals surface area contributed by atoms with E-state index in [4.69, 9.17) is 4.74 Å². The number of carbonyl (C=O) groups excluding carboxylic acids is 1. The SMILES string of the molecule is Cn1cc(Cn2nc(CC(=O)OC(c3ccccc3)c3ccccc3)c(Br)cc2=O)cn1. The summed E-state index contributed by atoms with van der Waals surface area (Å²) < 4.78 is 9.32. The molecule has 0 aliphatic heterocycles. The van der Waals surface area contributed by atoms with Crippen LogP contribution in [0.3, 0.4) is 0 Å². The predicted molar refractivity (Wildman–Crippen MR) is 123 cm³/mol. The van der Waals surface area contributed by atoms with Crippen molar-refractivity contribution in [3.63, 3.8) is 0 Å². The molecule has 2 aromatic heterocycles. The van der Waals surface area contributed by atoms with Gasteiger partial charge in [0.25, 0.3) is 5.56 Å². The van der Waals surface area contributed by atoms with Crippen molar-refractivity contribution < 1.29 is 9.53 Å². The molecular formula is C24H21BrN4O3. The first kappa shape index (κ1) is 21.7. The van der Waals surface area contributed by atoms with E-state index in [0.29, 0.717) is 10.2 Å². The van der Waals surface area contributed by atoms with Crippen LogP contribution in [0.5, 0.6) is 0 Å². The number of hydrogen-bond donors (Lipinski definition) is 0. The fourth-order valence-corrected chi connectivity index (χ4v) is 3.78. The number of halogens is 1. The van der Waals surface area contributed by atoms with Crippen LogP contribution in [-0.4, -0.2) is 25.5 Å². The van der Waals surface area contributed by atoms with Gasteiger partial charge in [0, 0.05) is 29.3 Å². The van der Waals surface area contributed by atoms with Gasteiger partial charge in [-0.15, -0.1) is 0 Å². The fraction of sp³-hybridized carbons (Fsp3) is 0.167. The van der Waals surface area contributed by atoms with E-state index in [1.165, 1.54) is 10.7 Å². The van der Waals surface area contributed by atoms with Gasteiger partial charge in [-0.25, -0.2) is 4.68 Å². The molecule has 4 rings (SSSR count). The van der Waals surface area contributed by atoms with E-state index >= 15 is 0 Å². The van der Waals surface area contributed by atoms with Crippen LogP contribution in [0.15, 0.2) is 88.4 Å². The number of ether oxygens (including phenoxy) is 1. The van der Waals surface area contributed by atoms with E-state index in [0.717, 1.165) is 16.7 Å². The highest BCUT2D eigenvalue weighted by atomic mass is 79.9. The molecule has 0 aliphatic carbocycles. The van der Waals surface area contributed by atoms with Crippen molar-refractivity contribution in [3.05, 3.63) is 116 Å². The van der Waals surface area contributed by atoms with E-state index in [1.54, 1.807) is 17.9 Å². The number of rotatable bonds is 7. The average molecular weight is 493 g/mol. The van der Waals surface area contributed by atoms with E-state index in [-0.39, 0.29) is 18.5 Å². The van der Waals surface area contributed by atoms with Crippen molar-refractivity contribution in [2.45, 2.75) is 19.1 Å². The Hall–Kier alpha value is -3.52. The Morgan fingerprint density at radius 1 is 1.06 bits per heavy atom. The smallest absolute Gasteiger partial charge is 0.312 e. The summed E-state index contributed by atoms with van der Waals surface area (Å²) in [7, 11) is 1.80. The molecule has 0 spiro atoms. The monoisotopic (exact) mass is 492 g/mol. The minimum Gasteiger partial charge on any atom is -0.452 e. The van der Waals surface area contributed by atoms with Crippen LogP contribution in [0, 0.1) is 0 Å². The summed E-state index contributed by atoms with van der Waals surface area (Å²) >= 11 is 3.36. The maximum absolute atomic E-state index is 12.9. The normalized spacial score (nSPS) is 11.0. The molecular weight excluding hydrogens is 472 g/mol. The van der Waals surface area contributed by atoms with Gasteiger partial charge in [0.05, 0.1) is 24.9 Å². The van der Waals surface area contributed by atoms with Crippen molar-refractivity contribution in [1.29, 1.82) is 0 Å². The number of aromatic nitrogens is 4. The first-order valence-electron chi connectivity index (χ1n) is 10.0. The van der Waals surface area contributed by atoms with Gasteiger partial charge < -0.3 is 4.74 Å². The van der Waals surface area contributed by atoms with Gasteiger partial charge in [-0.3, -0.25) is 14.3 Å². The van der Waals surface area contributed by atoms with Gasteiger partial charge in [0.2, 0.25) is 0 Å². The molecule has 0 bridgehead atoms. The molecule has 0 amide bonds. The molecule has 0 atom stereocenters. The predicted octanol–water partition coefficient (Wildman–Crippen LogP) is 3.66. The van der Waals surface area contributed by atoms with Gasteiger partial charge >= 0.3 is 5.97 Å². The van der Waals surface area contributed by atoms with E-state index < -0.39 is 12.1 Å². The lowest BCUT2D eigenvalue weighted by atomic mass is 10.0. The van der Waals surface area contributed by atoms with Crippen LogP contribution in [0.1, 0.15) is 28.5 Å². The van der Waals surface area contributed by atoms with Gasteiger partial charge in [-0.05, 0) is 27.1 Å². The van der Waals surface area contributed by atoms with Crippen LogP contribution in [-0.2, 0) is 29.5 Å². The molecule has 32 heavy (non-hydrogen) atoms. The fourth-order valence-electron chi connectivity index (χ4n) is 3.36. The third-order valence-electron chi connectivity index (χ3n) is 4.88. The Labute approximate surface area is 193 Å². The summed E-state index contributed by atoms with van der Waals surface area (Å²) in [4.78, 5) is 25.3. The minimum absolute atomic E-state index is 0.0793. The second-order valence-electron chi connectivity index (χ2n) is 7.33. The Morgan fingerprint density at radius 3 is 2.25 bits per heavy atom. The van der Waals surface area contributed by atoms with Crippen molar-refractivity contribution in [2.75, 3.05) is 0 Å². The number of aryl methyl sites for hydroxylation is 1. The summed E-state index contributed by atoms with van der Waals surface area (Å²) in [6.45, 7) is 0.263. The second-order valence-corrected chi connectivity index (χ2v) is 8.18. The lowest BCUT2D eigenvalue weighted by Gasteiger charge is -2.19. The molecule has 2 heterocycles. The van der Waals surface area contributed by atoms with E-state index in [1.807, 2.05) is 66.9 Å². The molecule has 0 saturated heterocycles. The topological polar surface area (TPSA) is 79.0 Å². The zero-order valence-electron chi connectivity index (χ0n) is 17.4. The molecule has 7 nitrogen and oxygen atoms in total. The molecule has 0 radical (unpaired) electrons. The Kier molecular flexibility index (Phi) is 6.61. The molecule has 8 heteroatoms. The molecule has 4 aromatic rings. The Balaban J connectivity index is 1.56. The molecule has 0 N–H and O–H groups in total. The van der Waals surface area contributed by atoms with Gasteiger partial charge in [-0.2, -0.15) is 10.2 Å². The van der Waals surface area contributed by atoms with Crippen molar-refractivity contribution in [2.24, 2.45) is 7.05 Å². The summed E-state index contributed by atoms with van der Waals surface area (Å²) in [5.41, 5.74) is 2.75. The third-order valence-corrected chi connectivity index (χ3v) is 5.56. The van der Waals surface area contributed by atoms with Crippen molar-refractivity contribution >= 4 is 21.9 Å². The minimum atomic E-state index is -0.537. The highest BCUT2D eigenvalue weighted by Crippen LogP contribution is 2.26. The lowest BCUT2D eigenvalue weighted by molar-refractivity contribution is -0.146. The average Bonchev–Trinajstić information content (AvgIpc) is 3.21. The number of nitrogens with zero attached hydrogens (tertiary/aromatic N) is 4. The standard InChI is InChI=1S/C24H21BrN4O3/c1-28-15-17(14-26-28)16-29-22(30)12-20(25)21(27-29)13-23(31)32-24(18-8-4-2-5-9-18)19-10-6-3-7-11-19/h2-12,14-15,24H,13,16H2,1H3. The number of benzene rings is 2. The summed E-state index contributed by atoms with van der Waals surface area (Å²) in [6.07, 6.45) is 2.87. The maximum atomic E-state index is 12.9. The number of esters is 1. The lowest BCUT2D eigenvalue weighted by Crippen LogP contribution is -2.25. The summed E-state index contributed by atoms with van der Waals surface area (Å²) in [6, 6.07) is 20.6. The Bertz CT molecular complexity index is 1230. The largest absolute Gasteiger partial charge is 0.452 e. The van der Waals surface area contributed by atoms with Crippen LogP contribution in [0.2, 0.25) is 0 Å². The summed E-state index contributed by atoms with van der Waals surface area (Å²) in [5.74, 6) is -0.442. The molecule has 0 aliphatic rings. The molecule has 162 valence electrons. The number of hydrogen-bond acceptors (Lipinski definition) is 5. The van der Waals surface area contributed by atoms with Crippen molar-refractivity contribution in [1.82, 2.24) is 19.6 Å². The molecule has 0 fully saturated rings. The highest BCUT2D eigenvalue weighted by molar-refractivity contribution is 9.10. The van der Waals surface area contributed by atoms with Crippen LogP contribution in [0.4, 0.5) is 0 Å². The zero-order valence-corrected chi connectivity index (χ0v) is 19.0. The molecule has 0 unspecified atom stereocenters. The van der Waals surface area contributed by atoms with E-state index in [2.05, 4.69) is 26.1 Å². The third kappa shape index (κ3) is 5.20. The first-order valence-corrected chi connectivity index (χ1v) is 10.8. The first-order chi connectivity index (χ1) is 15.5. The maximum Gasteiger partial charge on any atom is 0.312 e. The quantitative estimate of drug-likeness (QED) is 0.367. The van der Waals surface area contributed by atoms with Crippen LogP contribution in [0.25, 0.3) is 0 Å². The van der Waals surface area contributed by atoms with Crippen LogP contribution >= 0.6 is 15.9 Å². The molecule has 2 aromatic carbocycles. The van der Waals surface area contributed by atoms with Gasteiger partial charge in [-0.1, -0.05) is 60.7 Å². The second kappa shape index (κ2) is 9.74. The highest BCUT2D eigenvalue weighted by Gasteiger charge is 2.21. The summed E-state index contributed by atoms with van der Waals surface area (Å²) in [5, 5.41) is 8.50. The van der Waals surface area contributed by atoms with Gasteiger partial charge in [0.1, 0.15) is 0 Å². The van der Waals surface area contributed by atoms with Crippen LogP contribution < -0.4 is 5.56 Å². The molecule has 0 saturated carbocycles. The van der Waals surface area contributed by atoms with E-state index in [9.17, 15) is 9.59 Å². The van der Waals surface area contributed by atoms with Gasteiger partial charge in [0.15, 0.2) is 6.10 Å².